The number of aliphatic hydroxyl groups is 2. The number of hydrogen-bond donors (Lipinski definition) is 4. The Morgan fingerprint density at radius 1 is 1.40 bits per heavy atom. The van der Waals surface area contributed by atoms with Crippen LogP contribution >= 0.6 is 0 Å². The predicted molar refractivity (Wildman–Crippen MR) is 94.8 cm³/mol. The van der Waals surface area contributed by atoms with Gasteiger partial charge in [-0.15, -0.1) is 0 Å². The molecule has 2 unspecified atom stereocenters. The fourth-order valence-corrected chi connectivity index (χ4v) is 3.17. The van der Waals surface area contributed by atoms with E-state index < -0.39 is 23.8 Å². The van der Waals surface area contributed by atoms with E-state index in [1.165, 1.54) is 6.92 Å². The Kier molecular flexibility index (Phi) is 8.05. The van der Waals surface area contributed by atoms with Crippen LogP contribution in [0.5, 0.6) is 0 Å². The van der Waals surface area contributed by atoms with Crippen LogP contribution < -0.4 is 10.6 Å². The van der Waals surface area contributed by atoms with E-state index in [0.29, 0.717) is 6.42 Å². The van der Waals surface area contributed by atoms with Gasteiger partial charge in [0.15, 0.2) is 0 Å². The summed E-state index contributed by atoms with van der Waals surface area (Å²) in [5.74, 6) is -0.667. The largest absolute Gasteiger partial charge is 0.459 e. The predicted octanol–water partition coefficient (Wildman–Crippen LogP) is 0.499. The van der Waals surface area contributed by atoms with Gasteiger partial charge in [0.2, 0.25) is 5.91 Å². The van der Waals surface area contributed by atoms with Gasteiger partial charge in [0.1, 0.15) is 11.6 Å². The van der Waals surface area contributed by atoms with Crippen molar-refractivity contribution in [3.63, 3.8) is 0 Å². The molecule has 4 N–H and O–H groups in total. The first-order valence-electron chi connectivity index (χ1n) is 8.76. The lowest BCUT2D eigenvalue weighted by Gasteiger charge is -2.32. The third kappa shape index (κ3) is 6.76. The number of aliphatic hydroxyl groups excluding tert-OH is 2. The molecular formula is C18H32N2O5. The van der Waals surface area contributed by atoms with E-state index in [4.69, 9.17) is 9.84 Å². The normalized spacial score (nSPS) is 26.4. The minimum Gasteiger partial charge on any atom is -0.459 e. The van der Waals surface area contributed by atoms with Gasteiger partial charge in [-0.1, -0.05) is 12.2 Å². The SMILES string of the molecule is CC=C[C@@H]1C[C@H](C(=O)OC(C)(C)C)N[C@@H]1C(NC(C)=O)C(O)CCO. The van der Waals surface area contributed by atoms with E-state index in [0.717, 1.165) is 0 Å². The van der Waals surface area contributed by atoms with Crippen molar-refractivity contribution in [3.8, 4) is 0 Å². The Bertz CT molecular complexity index is 486. The zero-order valence-electron chi connectivity index (χ0n) is 15.8. The van der Waals surface area contributed by atoms with Crippen molar-refractivity contribution in [3.05, 3.63) is 12.2 Å². The number of ether oxygens (including phenoxy) is 1. The molecule has 25 heavy (non-hydrogen) atoms. The maximum atomic E-state index is 12.4. The number of carbonyl (C=O) groups excluding carboxylic acids is 2. The Labute approximate surface area is 149 Å². The van der Waals surface area contributed by atoms with Crippen molar-refractivity contribution in [2.24, 2.45) is 5.92 Å². The summed E-state index contributed by atoms with van der Waals surface area (Å²) in [7, 11) is 0. The minimum absolute atomic E-state index is 0.0484. The van der Waals surface area contributed by atoms with Gasteiger partial charge in [-0.05, 0) is 46.5 Å². The quantitative estimate of drug-likeness (QED) is 0.391. The fourth-order valence-electron chi connectivity index (χ4n) is 3.17. The van der Waals surface area contributed by atoms with Crippen LogP contribution in [0.1, 0.15) is 47.5 Å². The average molecular weight is 356 g/mol. The van der Waals surface area contributed by atoms with E-state index in [9.17, 15) is 14.7 Å². The van der Waals surface area contributed by atoms with Crippen molar-refractivity contribution < 1.29 is 24.5 Å². The zero-order chi connectivity index (χ0) is 19.2. The maximum absolute atomic E-state index is 12.4. The van der Waals surface area contributed by atoms with Crippen molar-refractivity contribution in [1.82, 2.24) is 10.6 Å². The second-order valence-electron chi connectivity index (χ2n) is 7.51. The maximum Gasteiger partial charge on any atom is 0.323 e. The van der Waals surface area contributed by atoms with Crippen molar-refractivity contribution in [1.29, 1.82) is 0 Å². The highest BCUT2D eigenvalue weighted by molar-refractivity contribution is 5.77. The molecule has 0 aromatic carbocycles. The molecular weight excluding hydrogens is 324 g/mol. The molecule has 1 fully saturated rings. The highest BCUT2D eigenvalue weighted by Gasteiger charge is 2.43. The summed E-state index contributed by atoms with van der Waals surface area (Å²) in [6.07, 6.45) is 3.59. The summed E-state index contributed by atoms with van der Waals surface area (Å²) >= 11 is 0. The molecule has 0 bridgehead atoms. The molecule has 0 aromatic heterocycles. The number of amides is 1. The summed E-state index contributed by atoms with van der Waals surface area (Å²) in [5.41, 5.74) is -0.583. The monoisotopic (exact) mass is 356 g/mol. The average Bonchev–Trinajstić information content (AvgIpc) is 2.87. The van der Waals surface area contributed by atoms with Crippen LogP contribution in [0.2, 0.25) is 0 Å². The van der Waals surface area contributed by atoms with Crippen LogP contribution in [0.4, 0.5) is 0 Å². The second kappa shape index (κ2) is 9.31. The van der Waals surface area contributed by atoms with Crippen molar-refractivity contribution in [2.75, 3.05) is 6.61 Å². The molecule has 1 amide bonds. The Balaban J connectivity index is 2.98. The van der Waals surface area contributed by atoms with Gasteiger partial charge in [0.25, 0.3) is 0 Å². The highest BCUT2D eigenvalue weighted by Crippen LogP contribution is 2.28. The lowest BCUT2D eigenvalue weighted by molar-refractivity contribution is -0.157. The van der Waals surface area contributed by atoms with Gasteiger partial charge < -0.3 is 20.3 Å². The number of rotatable bonds is 7. The summed E-state index contributed by atoms with van der Waals surface area (Å²) in [5, 5.41) is 25.4. The molecule has 0 saturated carbocycles. The number of allylic oxidation sites excluding steroid dienone is 1. The van der Waals surface area contributed by atoms with Crippen molar-refractivity contribution in [2.45, 2.75) is 77.3 Å². The third-order valence-corrected chi connectivity index (χ3v) is 4.09. The molecule has 0 aliphatic carbocycles. The second-order valence-corrected chi connectivity index (χ2v) is 7.51. The highest BCUT2D eigenvalue weighted by atomic mass is 16.6. The molecule has 5 atom stereocenters. The van der Waals surface area contributed by atoms with Crippen LogP contribution in [0.25, 0.3) is 0 Å². The summed E-state index contributed by atoms with van der Waals surface area (Å²) in [6.45, 7) is 8.51. The Morgan fingerprint density at radius 2 is 2.04 bits per heavy atom. The lowest BCUT2D eigenvalue weighted by atomic mass is 9.89. The van der Waals surface area contributed by atoms with Crippen LogP contribution in [-0.2, 0) is 14.3 Å². The molecule has 0 radical (unpaired) electrons. The van der Waals surface area contributed by atoms with Crippen molar-refractivity contribution >= 4 is 11.9 Å². The molecule has 1 aliphatic rings. The Hall–Kier alpha value is -1.44. The first-order chi connectivity index (χ1) is 11.6. The number of carbonyl (C=O) groups is 2. The molecule has 144 valence electrons. The Morgan fingerprint density at radius 3 is 2.52 bits per heavy atom. The van der Waals surface area contributed by atoms with E-state index in [1.807, 2.05) is 39.8 Å². The molecule has 1 saturated heterocycles. The van der Waals surface area contributed by atoms with Gasteiger partial charge in [0.05, 0.1) is 12.1 Å². The van der Waals surface area contributed by atoms with Gasteiger partial charge in [-0.2, -0.15) is 0 Å². The lowest BCUT2D eigenvalue weighted by Crippen LogP contribution is -2.57. The van der Waals surface area contributed by atoms with Crippen LogP contribution in [0.15, 0.2) is 12.2 Å². The van der Waals surface area contributed by atoms with E-state index in [1.54, 1.807) is 0 Å². The minimum atomic E-state index is -0.920. The van der Waals surface area contributed by atoms with Crippen LogP contribution in [0.3, 0.4) is 0 Å². The first kappa shape index (κ1) is 21.6. The van der Waals surface area contributed by atoms with Crippen LogP contribution in [-0.4, -0.2) is 58.5 Å². The molecule has 1 rings (SSSR count). The number of nitrogens with one attached hydrogen (secondary N) is 2. The van der Waals surface area contributed by atoms with Gasteiger partial charge in [-0.25, -0.2) is 0 Å². The molecule has 1 heterocycles. The summed E-state index contributed by atoms with van der Waals surface area (Å²) in [4.78, 5) is 24.0. The summed E-state index contributed by atoms with van der Waals surface area (Å²) in [6, 6.07) is -1.46. The number of esters is 1. The number of hydrogen-bond acceptors (Lipinski definition) is 6. The smallest absolute Gasteiger partial charge is 0.323 e. The first-order valence-corrected chi connectivity index (χ1v) is 8.76. The van der Waals surface area contributed by atoms with Gasteiger partial charge >= 0.3 is 5.97 Å². The van der Waals surface area contributed by atoms with E-state index in [2.05, 4.69) is 10.6 Å². The van der Waals surface area contributed by atoms with E-state index in [-0.39, 0.29) is 36.9 Å². The topological polar surface area (TPSA) is 108 Å². The summed E-state index contributed by atoms with van der Waals surface area (Å²) < 4.78 is 5.45. The van der Waals surface area contributed by atoms with Crippen LogP contribution in [0, 0.1) is 5.92 Å². The molecule has 0 aromatic rings. The fraction of sp³-hybridized carbons (Fsp3) is 0.778. The van der Waals surface area contributed by atoms with E-state index >= 15 is 0 Å². The molecule has 0 spiro atoms. The standard InChI is InChI=1S/C18H32N2O5/c1-6-7-12-10-13(17(24)25-18(3,4)5)20-15(12)16(19-11(2)22)14(23)8-9-21/h6-7,12-16,20-21,23H,8-10H2,1-5H3,(H,19,22)/t12-,13-,14?,15+,16?/m1/s1. The van der Waals surface area contributed by atoms with Gasteiger partial charge in [0, 0.05) is 19.6 Å². The third-order valence-electron chi connectivity index (χ3n) is 4.09. The molecule has 7 heteroatoms. The molecule has 7 nitrogen and oxygen atoms in total. The molecule has 1 aliphatic heterocycles. The van der Waals surface area contributed by atoms with Gasteiger partial charge in [-0.3, -0.25) is 14.9 Å². The zero-order valence-corrected chi connectivity index (χ0v) is 15.8.